The van der Waals surface area contributed by atoms with E-state index in [9.17, 15) is 14.4 Å². The lowest BCUT2D eigenvalue weighted by atomic mass is 9.97. The molecule has 2 aliphatic heterocycles. The number of allylic oxidation sites excluding steroid dienone is 2. The van der Waals surface area contributed by atoms with Crippen molar-refractivity contribution in [2.24, 2.45) is 5.92 Å². The van der Waals surface area contributed by atoms with Crippen molar-refractivity contribution in [2.45, 2.75) is 57.6 Å². The quantitative estimate of drug-likeness (QED) is 0.620. The van der Waals surface area contributed by atoms with E-state index in [1.807, 2.05) is 13.0 Å². The lowest BCUT2D eigenvalue weighted by molar-refractivity contribution is -0.155. The summed E-state index contributed by atoms with van der Waals surface area (Å²) in [5.74, 6) is -1.90. The number of fused-ring (bicyclic) bond motifs is 1. The predicted octanol–water partition coefficient (Wildman–Crippen LogP) is 1.74. The van der Waals surface area contributed by atoms with Crippen molar-refractivity contribution in [1.82, 2.24) is 4.90 Å². The Morgan fingerprint density at radius 3 is 2.91 bits per heavy atom. The first-order valence-electron chi connectivity index (χ1n) is 7.85. The van der Waals surface area contributed by atoms with Gasteiger partial charge < -0.3 is 14.7 Å². The van der Waals surface area contributed by atoms with Gasteiger partial charge in [-0.15, -0.1) is 0 Å². The Morgan fingerprint density at radius 2 is 2.18 bits per heavy atom. The zero-order chi connectivity index (χ0) is 16.1. The molecule has 0 saturated carbocycles. The van der Waals surface area contributed by atoms with Crippen molar-refractivity contribution >= 4 is 17.8 Å². The van der Waals surface area contributed by atoms with Gasteiger partial charge >= 0.3 is 11.9 Å². The largest absolute Gasteiger partial charge is 0.481 e. The number of hydrogen-bond donors (Lipinski definition) is 1. The van der Waals surface area contributed by atoms with E-state index in [2.05, 4.69) is 0 Å². The van der Waals surface area contributed by atoms with E-state index in [1.165, 1.54) is 0 Å². The molecule has 2 rings (SSSR count). The van der Waals surface area contributed by atoms with E-state index >= 15 is 0 Å². The number of carboxylic acids is 1. The summed E-state index contributed by atoms with van der Waals surface area (Å²) in [6.07, 6.45) is 6.00. The van der Waals surface area contributed by atoms with Crippen LogP contribution in [0.4, 0.5) is 0 Å². The summed E-state index contributed by atoms with van der Waals surface area (Å²) in [6, 6.07) is -0.142. The molecule has 0 bridgehead atoms. The Bertz CT molecular complexity index is 473. The van der Waals surface area contributed by atoms with Crippen molar-refractivity contribution in [1.29, 1.82) is 0 Å². The molecule has 2 heterocycles. The molecule has 1 saturated heterocycles. The number of ether oxygens (including phenoxy) is 1. The number of carbonyl (C=O) groups excluding carboxylic acids is 2. The van der Waals surface area contributed by atoms with Crippen molar-refractivity contribution in [3.05, 3.63) is 12.2 Å². The lowest BCUT2D eigenvalue weighted by Crippen LogP contribution is -2.46. The summed E-state index contributed by atoms with van der Waals surface area (Å²) in [5.41, 5.74) is 0. The first-order valence-corrected chi connectivity index (χ1v) is 7.85. The third-order valence-corrected chi connectivity index (χ3v) is 4.31. The maximum atomic E-state index is 12.7. The highest BCUT2D eigenvalue weighted by molar-refractivity contribution is 5.84. The fourth-order valence-corrected chi connectivity index (χ4v) is 3.20. The number of esters is 1. The van der Waals surface area contributed by atoms with Crippen LogP contribution in [0, 0.1) is 5.92 Å². The topological polar surface area (TPSA) is 83.9 Å². The summed E-state index contributed by atoms with van der Waals surface area (Å²) >= 11 is 0. The molecule has 0 spiro atoms. The number of amides is 1. The van der Waals surface area contributed by atoms with Crippen LogP contribution in [0.3, 0.4) is 0 Å². The second kappa shape index (κ2) is 7.42. The van der Waals surface area contributed by atoms with Gasteiger partial charge in [0.1, 0.15) is 6.10 Å². The molecule has 122 valence electrons. The van der Waals surface area contributed by atoms with Gasteiger partial charge in [-0.25, -0.2) is 0 Å². The van der Waals surface area contributed by atoms with Crippen molar-refractivity contribution < 1.29 is 24.2 Å². The van der Waals surface area contributed by atoms with Gasteiger partial charge in [0.05, 0.1) is 18.4 Å². The van der Waals surface area contributed by atoms with Gasteiger partial charge in [0, 0.05) is 13.0 Å². The van der Waals surface area contributed by atoms with Gasteiger partial charge in [-0.1, -0.05) is 12.2 Å². The normalized spacial score (nSPS) is 31.7. The maximum Gasteiger partial charge on any atom is 0.306 e. The van der Waals surface area contributed by atoms with E-state index in [1.54, 1.807) is 11.0 Å². The summed E-state index contributed by atoms with van der Waals surface area (Å²) < 4.78 is 5.42. The highest BCUT2D eigenvalue weighted by Crippen LogP contribution is 2.27. The molecule has 1 amide bonds. The minimum absolute atomic E-state index is 0.141. The highest BCUT2D eigenvalue weighted by atomic mass is 16.5. The molecular weight excluding hydrogens is 286 g/mol. The van der Waals surface area contributed by atoms with Crippen LogP contribution in [0.25, 0.3) is 0 Å². The Morgan fingerprint density at radius 1 is 1.41 bits per heavy atom. The Hall–Kier alpha value is -1.85. The minimum atomic E-state index is -0.964. The van der Waals surface area contributed by atoms with E-state index in [4.69, 9.17) is 9.84 Å². The summed E-state index contributed by atoms with van der Waals surface area (Å²) in [6.45, 7) is 2.41. The number of hydrogen-bond acceptors (Lipinski definition) is 4. The zero-order valence-electron chi connectivity index (χ0n) is 12.9. The molecule has 1 fully saturated rings. The monoisotopic (exact) mass is 309 g/mol. The fraction of sp³-hybridized carbons (Fsp3) is 0.688. The molecule has 3 atom stereocenters. The molecule has 1 N–H and O–H groups in total. The molecule has 6 nitrogen and oxygen atoms in total. The Labute approximate surface area is 130 Å². The van der Waals surface area contributed by atoms with E-state index in [-0.39, 0.29) is 30.4 Å². The van der Waals surface area contributed by atoms with Crippen molar-refractivity contribution in [3.63, 3.8) is 0 Å². The summed E-state index contributed by atoms with van der Waals surface area (Å²) in [4.78, 5) is 37.2. The minimum Gasteiger partial charge on any atom is -0.481 e. The van der Waals surface area contributed by atoms with Crippen LogP contribution in [0.1, 0.15) is 45.4 Å². The zero-order valence-corrected chi connectivity index (χ0v) is 12.9. The molecule has 2 aliphatic rings. The smallest absolute Gasteiger partial charge is 0.306 e. The summed E-state index contributed by atoms with van der Waals surface area (Å²) in [5, 5.41) is 9.04. The third kappa shape index (κ3) is 4.08. The van der Waals surface area contributed by atoms with E-state index in [0.29, 0.717) is 25.8 Å². The van der Waals surface area contributed by atoms with E-state index < -0.39 is 11.9 Å². The predicted molar refractivity (Wildman–Crippen MR) is 79.0 cm³/mol. The average Bonchev–Trinajstić information content (AvgIpc) is 2.92. The standard InChI is InChI=1S/C16H23NO5/c1-11-13-7-5-9-17(13)16(21)12(10-14(18)19)6-3-2-4-8-15(20)22-11/h2-3,11-13H,4-10H2,1H3,(H,18,19)/b3-2-/t11-,12-,13-/m0/s1. The highest BCUT2D eigenvalue weighted by Gasteiger charge is 2.37. The molecular formula is C16H23NO5. The summed E-state index contributed by atoms with van der Waals surface area (Å²) in [7, 11) is 0. The van der Waals surface area contributed by atoms with Crippen molar-refractivity contribution in [2.75, 3.05) is 6.54 Å². The number of cyclic esters (lactones) is 1. The average molecular weight is 309 g/mol. The second-order valence-corrected chi connectivity index (χ2v) is 5.98. The maximum absolute atomic E-state index is 12.7. The second-order valence-electron chi connectivity index (χ2n) is 5.98. The van der Waals surface area contributed by atoms with Crippen LogP contribution < -0.4 is 0 Å². The molecule has 0 aromatic carbocycles. The van der Waals surface area contributed by atoms with Gasteiger partial charge in [-0.05, 0) is 32.6 Å². The SMILES string of the molecule is C[C@@H]1OC(=O)CC/C=C\C[C@@H](CC(=O)O)C(=O)N2CCC[C@@H]12. The molecule has 6 heteroatoms. The Kier molecular flexibility index (Phi) is 5.57. The number of rotatable bonds is 2. The van der Waals surface area contributed by atoms with Crippen LogP contribution in [0.5, 0.6) is 0 Å². The molecule has 0 aromatic heterocycles. The molecule has 0 aromatic rings. The van der Waals surface area contributed by atoms with Gasteiger partial charge in [-0.3, -0.25) is 14.4 Å². The van der Waals surface area contributed by atoms with Crippen LogP contribution in [-0.2, 0) is 19.1 Å². The van der Waals surface area contributed by atoms with Crippen molar-refractivity contribution in [3.8, 4) is 0 Å². The molecule has 22 heavy (non-hydrogen) atoms. The fourth-order valence-electron chi connectivity index (χ4n) is 3.20. The Balaban J connectivity index is 2.21. The van der Waals surface area contributed by atoms with Gasteiger partial charge in [0.25, 0.3) is 0 Å². The molecule has 0 radical (unpaired) electrons. The van der Waals surface area contributed by atoms with Crippen LogP contribution in [0.15, 0.2) is 12.2 Å². The molecule has 0 unspecified atom stereocenters. The van der Waals surface area contributed by atoms with E-state index in [0.717, 1.165) is 12.8 Å². The van der Waals surface area contributed by atoms with Crippen LogP contribution >= 0.6 is 0 Å². The lowest BCUT2D eigenvalue weighted by Gasteiger charge is -2.32. The number of nitrogens with zero attached hydrogens (tertiary/aromatic N) is 1. The first kappa shape index (κ1) is 16.5. The molecule has 0 aliphatic carbocycles. The van der Waals surface area contributed by atoms with Crippen LogP contribution in [0.2, 0.25) is 0 Å². The van der Waals surface area contributed by atoms with Gasteiger partial charge in [0.2, 0.25) is 5.91 Å². The third-order valence-electron chi connectivity index (χ3n) is 4.31. The number of carboxylic acid groups (broad SMARTS) is 1. The number of aliphatic carboxylic acids is 1. The van der Waals surface area contributed by atoms with Crippen LogP contribution in [-0.4, -0.2) is 46.5 Å². The van der Waals surface area contributed by atoms with Gasteiger partial charge in [0.15, 0.2) is 0 Å². The number of carbonyl (C=O) groups is 3. The van der Waals surface area contributed by atoms with Gasteiger partial charge in [-0.2, -0.15) is 0 Å². The first-order chi connectivity index (χ1) is 10.5.